The summed E-state index contributed by atoms with van der Waals surface area (Å²) in [6.07, 6.45) is 4.92. The van der Waals surface area contributed by atoms with Crippen molar-refractivity contribution in [3.05, 3.63) is 53.9 Å². The van der Waals surface area contributed by atoms with Gasteiger partial charge in [-0.15, -0.1) is 0 Å². The highest BCUT2D eigenvalue weighted by atomic mass is 32.2. The van der Waals surface area contributed by atoms with Gasteiger partial charge in [0.05, 0.1) is 5.25 Å². The van der Waals surface area contributed by atoms with Crippen molar-refractivity contribution in [1.29, 1.82) is 0 Å². The van der Waals surface area contributed by atoms with Crippen LogP contribution < -0.4 is 4.72 Å². The lowest BCUT2D eigenvalue weighted by Crippen LogP contribution is -2.38. The number of imidazole rings is 1. The molecule has 1 aromatic carbocycles. The van der Waals surface area contributed by atoms with Gasteiger partial charge in [0.2, 0.25) is 10.0 Å². The Morgan fingerprint density at radius 3 is 2.75 bits per heavy atom. The number of aromatic amines is 1. The fraction of sp³-hybridized carbons (Fsp3) is 0.438. The van der Waals surface area contributed by atoms with Crippen molar-refractivity contribution in [2.45, 2.75) is 30.6 Å². The maximum absolute atomic E-state index is 13.2. The van der Waals surface area contributed by atoms with E-state index in [1.165, 1.54) is 12.1 Å². The Labute approximate surface area is 140 Å². The zero-order valence-electron chi connectivity index (χ0n) is 13.1. The molecule has 1 aliphatic rings. The van der Waals surface area contributed by atoms with Gasteiger partial charge >= 0.3 is 0 Å². The molecule has 6 nitrogen and oxygen atoms in total. The van der Waals surface area contributed by atoms with E-state index in [1.807, 2.05) is 0 Å². The van der Waals surface area contributed by atoms with Gasteiger partial charge in [0, 0.05) is 25.6 Å². The lowest BCUT2D eigenvalue weighted by atomic mass is 10.1. The first-order chi connectivity index (χ1) is 11.6. The fourth-order valence-electron chi connectivity index (χ4n) is 2.82. The molecular weight excluding hydrogens is 333 g/mol. The average molecular weight is 353 g/mol. The van der Waals surface area contributed by atoms with Gasteiger partial charge in [-0.3, -0.25) is 0 Å². The second kappa shape index (κ2) is 7.42. The molecule has 1 fully saturated rings. The summed E-state index contributed by atoms with van der Waals surface area (Å²) in [5.74, 6) is 0.0933. The summed E-state index contributed by atoms with van der Waals surface area (Å²) in [5.41, 5.74) is 0.625. The Morgan fingerprint density at radius 1 is 1.25 bits per heavy atom. The van der Waals surface area contributed by atoms with E-state index in [0.29, 0.717) is 43.9 Å². The number of sulfonamides is 1. The zero-order valence-corrected chi connectivity index (χ0v) is 13.9. The van der Waals surface area contributed by atoms with Crippen molar-refractivity contribution in [3.8, 4) is 0 Å². The van der Waals surface area contributed by atoms with Crippen LogP contribution in [-0.4, -0.2) is 36.8 Å². The smallest absolute Gasteiger partial charge is 0.215 e. The average Bonchev–Trinajstić information content (AvgIpc) is 2.94. The lowest BCUT2D eigenvalue weighted by molar-refractivity contribution is 0.144. The molecular formula is C16H20FN3O3S. The van der Waals surface area contributed by atoms with Gasteiger partial charge in [-0.2, -0.15) is 4.72 Å². The highest BCUT2D eigenvalue weighted by molar-refractivity contribution is 7.90. The van der Waals surface area contributed by atoms with Crippen LogP contribution in [0.4, 0.5) is 4.39 Å². The summed E-state index contributed by atoms with van der Waals surface area (Å²) in [4.78, 5) is 7.09. The second-order valence-electron chi connectivity index (χ2n) is 5.79. The molecule has 0 radical (unpaired) electrons. The minimum Gasteiger partial charge on any atom is -0.381 e. The Kier molecular flexibility index (Phi) is 5.27. The van der Waals surface area contributed by atoms with E-state index in [0.717, 1.165) is 0 Å². The molecule has 2 N–H and O–H groups in total. The highest BCUT2D eigenvalue weighted by Crippen LogP contribution is 2.24. The molecule has 3 rings (SSSR count). The van der Waals surface area contributed by atoms with Crippen LogP contribution in [0.3, 0.4) is 0 Å². The van der Waals surface area contributed by atoms with E-state index in [9.17, 15) is 12.8 Å². The molecule has 2 heterocycles. The molecule has 0 bridgehead atoms. The molecule has 1 saturated heterocycles. The van der Waals surface area contributed by atoms with E-state index in [2.05, 4.69) is 14.7 Å². The van der Waals surface area contributed by atoms with Crippen molar-refractivity contribution in [2.75, 3.05) is 13.2 Å². The Bertz CT molecular complexity index is 739. The van der Waals surface area contributed by atoms with Gasteiger partial charge in [-0.1, -0.05) is 12.1 Å². The van der Waals surface area contributed by atoms with Gasteiger partial charge in [-0.05, 0) is 37.0 Å². The Balaban J connectivity index is 1.87. The van der Waals surface area contributed by atoms with Gasteiger partial charge in [0.15, 0.2) is 0 Å². The fourth-order valence-corrected chi connectivity index (χ4v) is 4.47. The Morgan fingerprint density at radius 2 is 2.04 bits per heavy atom. The number of aromatic nitrogens is 2. The van der Waals surface area contributed by atoms with E-state index < -0.39 is 21.3 Å². The third kappa shape index (κ3) is 4.00. The van der Waals surface area contributed by atoms with Gasteiger partial charge in [0.1, 0.15) is 17.7 Å². The minimum absolute atomic E-state index is 0.374. The van der Waals surface area contributed by atoms with Crippen molar-refractivity contribution in [2.24, 2.45) is 0 Å². The van der Waals surface area contributed by atoms with Crippen LogP contribution in [0.1, 0.15) is 36.7 Å². The summed E-state index contributed by atoms with van der Waals surface area (Å²) in [5, 5.41) is -0.502. The van der Waals surface area contributed by atoms with E-state index in [1.54, 1.807) is 24.5 Å². The molecule has 24 heavy (non-hydrogen) atoms. The predicted molar refractivity (Wildman–Crippen MR) is 87.3 cm³/mol. The molecule has 0 saturated carbocycles. The number of halogens is 1. The van der Waals surface area contributed by atoms with Gasteiger partial charge in [0.25, 0.3) is 0 Å². The number of nitrogens with one attached hydrogen (secondary N) is 2. The van der Waals surface area contributed by atoms with E-state index in [-0.39, 0.29) is 5.82 Å². The van der Waals surface area contributed by atoms with Crippen LogP contribution in [-0.2, 0) is 14.8 Å². The molecule has 2 unspecified atom stereocenters. The first-order valence-corrected chi connectivity index (χ1v) is 9.44. The number of H-pyrrole nitrogens is 1. The molecule has 0 spiro atoms. The first-order valence-electron chi connectivity index (χ1n) is 7.90. The minimum atomic E-state index is -3.57. The monoisotopic (exact) mass is 353 g/mol. The normalized spacial score (nSPS) is 20.5. The number of nitrogens with zero attached hydrogens (tertiary/aromatic N) is 1. The Hall–Kier alpha value is -1.77. The van der Waals surface area contributed by atoms with E-state index >= 15 is 0 Å². The summed E-state index contributed by atoms with van der Waals surface area (Å²) < 4.78 is 46.9. The summed E-state index contributed by atoms with van der Waals surface area (Å²) in [6, 6.07) is 5.04. The third-order valence-electron chi connectivity index (χ3n) is 4.12. The highest BCUT2D eigenvalue weighted by Gasteiger charge is 2.31. The molecule has 2 atom stereocenters. The number of ether oxygens (including phenoxy) is 1. The van der Waals surface area contributed by atoms with Crippen molar-refractivity contribution >= 4 is 10.0 Å². The summed E-state index contributed by atoms with van der Waals surface area (Å²) >= 11 is 0. The van der Waals surface area contributed by atoms with Crippen LogP contribution >= 0.6 is 0 Å². The predicted octanol–water partition coefficient (Wildman–Crippen LogP) is 2.13. The maximum Gasteiger partial charge on any atom is 0.215 e. The van der Waals surface area contributed by atoms with E-state index in [4.69, 9.17) is 4.74 Å². The summed E-state index contributed by atoms with van der Waals surface area (Å²) in [6.45, 7) is 1.03. The van der Waals surface area contributed by atoms with Crippen LogP contribution in [0.2, 0.25) is 0 Å². The SMILES string of the molecule is O=S(=O)(NC(c1ccc(F)cc1)c1ncc[nH]1)C1CCCOCC1. The number of benzene rings is 1. The van der Waals surface area contributed by atoms with Crippen LogP contribution in [0.5, 0.6) is 0 Å². The van der Waals surface area contributed by atoms with Gasteiger partial charge in [-0.25, -0.2) is 17.8 Å². The molecule has 1 aliphatic heterocycles. The quantitative estimate of drug-likeness (QED) is 0.862. The first kappa shape index (κ1) is 17.1. The van der Waals surface area contributed by atoms with Crippen LogP contribution in [0.25, 0.3) is 0 Å². The van der Waals surface area contributed by atoms with Crippen molar-refractivity contribution < 1.29 is 17.5 Å². The van der Waals surface area contributed by atoms with Crippen molar-refractivity contribution in [3.63, 3.8) is 0 Å². The van der Waals surface area contributed by atoms with Gasteiger partial charge < -0.3 is 9.72 Å². The number of hydrogen-bond donors (Lipinski definition) is 2. The maximum atomic E-state index is 13.2. The molecule has 0 amide bonds. The molecule has 1 aromatic heterocycles. The zero-order chi connectivity index (χ0) is 17.0. The second-order valence-corrected chi connectivity index (χ2v) is 7.78. The number of rotatable bonds is 5. The summed E-state index contributed by atoms with van der Waals surface area (Å²) in [7, 11) is -3.57. The molecule has 8 heteroatoms. The van der Waals surface area contributed by atoms with Crippen LogP contribution in [0, 0.1) is 5.82 Å². The molecule has 2 aromatic rings. The third-order valence-corrected chi connectivity index (χ3v) is 6.03. The molecule has 130 valence electrons. The van der Waals surface area contributed by atoms with Crippen molar-refractivity contribution in [1.82, 2.24) is 14.7 Å². The van der Waals surface area contributed by atoms with Crippen LogP contribution in [0.15, 0.2) is 36.7 Å². The largest absolute Gasteiger partial charge is 0.381 e. The lowest BCUT2D eigenvalue weighted by Gasteiger charge is -2.21. The number of hydrogen-bond acceptors (Lipinski definition) is 4. The molecule has 0 aliphatic carbocycles. The topological polar surface area (TPSA) is 84.1 Å². The standard InChI is InChI=1S/C16H20FN3O3S/c17-13-5-3-12(4-6-13)15(16-18-8-9-19-16)20-24(21,22)14-2-1-10-23-11-7-14/h3-6,8-9,14-15,20H,1-2,7,10-11H2,(H,18,19).